The molecule has 1 atom stereocenters. The monoisotopic (exact) mass is 477 g/mol. The molecule has 0 bridgehead atoms. The average molecular weight is 478 g/mol. The van der Waals surface area contributed by atoms with Crippen molar-refractivity contribution in [2.75, 3.05) is 18.2 Å². The highest BCUT2D eigenvalue weighted by Gasteiger charge is 2.24. The molecule has 3 aromatic rings. The molecule has 2 aromatic carbocycles. The van der Waals surface area contributed by atoms with Crippen molar-refractivity contribution in [2.45, 2.75) is 55.7 Å². The first kappa shape index (κ1) is 23.1. The van der Waals surface area contributed by atoms with Gasteiger partial charge in [-0.2, -0.15) is 0 Å². The summed E-state index contributed by atoms with van der Waals surface area (Å²) < 4.78 is 5.37. The summed E-state index contributed by atoms with van der Waals surface area (Å²) in [6.45, 7) is 0.802. The van der Waals surface area contributed by atoms with Gasteiger partial charge in [-0.25, -0.2) is 0 Å². The van der Waals surface area contributed by atoms with E-state index >= 15 is 0 Å². The third-order valence-corrected chi connectivity index (χ3v) is 8.09. The number of rotatable bonds is 7. The van der Waals surface area contributed by atoms with Gasteiger partial charge in [-0.15, -0.1) is 11.8 Å². The van der Waals surface area contributed by atoms with E-state index in [1.165, 1.54) is 5.56 Å². The third kappa shape index (κ3) is 5.22. The van der Waals surface area contributed by atoms with Crippen molar-refractivity contribution in [3.8, 4) is 5.75 Å². The number of ether oxygens (including phenoxy) is 1. The summed E-state index contributed by atoms with van der Waals surface area (Å²) in [7, 11) is 1.66. The van der Waals surface area contributed by atoms with Crippen LogP contribution in [-0.4, -0.2) is 34.9 Å². The lowest BCUT2D eigenvalue weighted by atomic mass is 9.81. The van der Waals surface area contributed by atoms with Crippen LogP contribution in [0.2, 0.25) is 0 Å². The average Bonchev–Trinajstić information content (AvgIpc) is 2.87. The minimum absolute atomic E-state index is 0.0713. The number of aliphatic hydroxyl groups is 1. The molecular weight excluding hydrogens is 446 g/mol. The number of hydrogen-bond acceptors (Lipinski definition) is 6. The quantitative estimate of drug-likeness (QED) is 0.441. The van der Waals surface area contributed by atoms with Crippen LogP contribution in [-0.2, 0) is 11.3 Å². The predicted octanol–water partition coefficient (Wildman–Crippen LogP) is 5.06. The molecule has 6 nitrogen and oxygen atoms in total. The smallest absolute Gasteiger partial charge is 0.234 e. The van der Waals surface area contributed by atoms with E-state index in [9.17, 15) is 9.90 Å². The first-order chi connectivity index (χ1) is 16.6. The van der Waals surface area contributed by atoms with Crippen molar-refractivity contribution in [1.29, 1.82) is 0 Å². The number of benzene rings is 2. The molecule has 1 saturated carbocycles. The minimum Gasteiger partial charge on any atom is -0.497 e. The van der Waals surface area contributed by atoms with Gasteiger partial charge in [0.1, 0.15) is 5.75 Å². The fraction of sp³-hybridized carbons (Fsp3) is 0.407. The number of carbonyl (C=O) groups excluding carboxylic acids is 1. The van der Waals surface area contributed by atoms with Gasteiger partial charge >= 0.3 is 0 Å². The van der Waals surface area contributed by atoms with Crippen LogP contribution in [0.3, 0.4) is 0 Å². The topological polar surface area (TPSA) is 83.5 Å². The molecule has 1 amide bonds. The maximum absolute atomic E-state index is 11.7. The Balaban J connectivity index is 1.14. The van der Waals surface area contributed by atoms with Crippen LogP contribution < -0.4 is 15.4 Å². The van der Waals surface area contributed by atoms with E-state index in [-0.39, 0.29) is 5.91 Å². The molecule has 1 fully saturated rings. The highest BCUT2D eigenvalue weighted by atomic mass is 32.2. The number of fused-ring (bicyclic) bond motifs is 2. The maximum atomic E-state index is 11.7. The summed E-state index contributed by atoms with van der Waals surface area (Å²) in [5.41, 5.74) is 3.94. The molecule has 3 N–H and O–H groups in total. The van der Waals surface area contributed by atoms with Crippen molar-refractivity contribution < 1.29 is 14.6 Å². The summed E-state index contributed by atoms with van der Waals surface area (Å²) in [5, 5.41) is 18.7. The number of anilines is 1. The van der Waals surface area contributed by atoms with Crippen LogP contribution in [0.5, 0.6) is 5.75 Å². The Hall–Kier alpha value is -2.61. The van der Waals surface area contributed by atoms with Crippen LogP contribution in [0, 0.1) is 5.92 Å². The number of thioether (sulfide) groups is 1. The van der Waals surface area contributed by atoms with Crippen LogP contribution in [0.15, 0.2) is 53.6 Å². The standard InChI is InChI=1S/C27H31N3O3S/c1-33-20-7-8-23-22(14-20)21(10-11-28-23)25(31)13-17-2-5-19(6-3-17)29-15-18-4-9-26-24(12-18)30-27(32)16-34-26/h4,7-12,14,17,19,25,29,31H,2-3,5-6,13,15-16H2,1H3,(H,30,32)/t17-,19-,25?. The van der Waals surface area contributed by atoms with E-state index in [1.807, 2.05) is 24.3 Å². The van der Waals surface area contributed by atoms with Gasteiger partial charge in [0.05, 0.1) is 30.2 Å². The van der Waals surface area contributed by atoms with Crippen molar-refractivity contribution in [1.82, 2.24) is 10.3 Å². The number of nitrogens with zero attached hydrogens (tertiary/aromatic N) is 1. The highest BCUT2D eigenvalue weighted by Crippen LogP contribution is 2.35. The Labute approximate surface area is 204 Å². The molecule has 178 valence electrons. The van der Waals surface area contributed by atoms with Gasteiger partial charge in [-0.3, -0.25) is 9.78 Å². The number of aliphatic hydroxyl groups excluding tert-OH is 1. The van der Waals surface area contributed by atoms with Crippen LogP contribution in [0.25, 0.3) is 10.9 Å². The lowest BCUT2D eigenvalue weighted by molar-refractivity contribution is -0.113. The molecule has 0 spiro atoms. The van der Waals surface area contributed by atoms with Gasteiger partial charge in [0, 0.05) is 29.1 Å². The summed E-state index contributed by atoms with van der Waals surface area (Å²) in [6.07, 6.45) is 6.48. The van der Waals surface area contributed by atoms with Crippen molar-refractivity contribution in [3.63, 3.8) is 0 Å². The number of carbonyl (C=O) groups is 1. The largest absolute Gasteiger partial charge is 0.497 e. The van der Waals surface area contributed by atoms with Gasteiger partial charge in [0.15, 0.2) is 0 Å². The zero-order valence-electron chi connectivity index (χ0n) is 19.4. The molecule has 0 radical (unpaired) electrons. The molecule has 0 saturated heterocycles. The highest BCUT2D eigenvalue weighted by molar-refractivity contribution is 8.00. The minimum atomic E-state index is -0.504. The lowest BCUT2D eigenvalue weighted by Crippen LogP contribution is -2.33. The Kier molecular flexibility index (Phi) is 7.04. The SMILES string of the molecule is COc1ccc2nccc(C(O)C[C@H]3CC[C@H](NCc4ccc5c(c4)NC(=O)CS5)CC3)c2c1. The Morgan fingerprint density at radius 2 is 2.03 bits per heavy atom. The summed E-state index contributed by atoms with van der Waals surface area (Å²) in [6, 6.07) is 14.6. The van der Waals surface area contributed by atoms with Gasteiger partial charge < -0.3 is 20.5 Å². The fourth-order valence-electron chi connectivity index (χ4n) is 5.11. The van der Waals surface area contributed by atoms with Gasteiger partial charge in [0.2, 0.25) is 5.91 Å². The molecule has 7 heteroatoms. The molecular formula is C27H31N3O3S. The summed E-state index contributed by atoms with van der Waals surface area (Å²) in [5.74, 6) is 1.86. The molecule has 1 aliphatic carbocycles. The number of hydrogen-bond donors (Lipinski definition) is 3. The van der Waals surface area contributed by atoms with E-state index in [1.54, 1.807) is 25.1 Å². The molecule has 1 aromatic heterocycles. The lowest BCUT2D eigenvalue weighted by Gasteiger charge is -2.31. The molecule has 2 aliphatic rings. The van der Waals surface area contributed by atoms with Crippen LogP contribution in [0.4, 0.5) is 5.69 Å². The van der Waals surface area contributed by atoms with Gasteiger partial charge in [-0.05, 0) is 85.5 Å². The Morgan fingerprint density at radius 3 is 2.85 bits per heavy atom. The number of amides is 1. The van der Waals surface area contributed by atoms with Crippen LogP contribution in [0.1, 0.15) is 49.3 Å². The maximum Gasteiger partial charge on any atom is 0.234 e. The first-order valence-corrected chi connectivity index (χ1v) is 13.0. The third-order valence-electron chi connectivity index (χ3n) is 7.02. The Bertz CT molecular complexity index is 1180. The molecule has 5 rings (SSSR count). The Morgan fingerprint density at radius 1 is 1.18 bits per heavy atom. The normalized spacial score (nSPS) is 21.1. The first-order valence-electron chi connectivity index (χ1n) is 12.0. The number of methoxy groups -OCH3 is 1. The number of aromatic nitrogens is 1. The predicted molar refractivity (Wildman–Crippen MR) is 136 cm³/mol. The van der Waals surface area contributed by atoms with Crippen molar-refractivity contribution in [2.24, 2.45) is 5.92 Å². The fourth-order valence-corrected chi connectivity index (χ4v) is 5.90. The molecule has 34 heavy (non-hydrogen) atoms. The zero-order valence-corrected chi connectivity index (χ0v) is 20.2. The van der Waals surface area contributed by atoms with Crippen molar-refractivity contribution >= 4 is 34.3 Å². The zero-order chi connectivity index (χ0) is 23.5. The van der Waals surface area contributed by atoms with Crippen molar-refractivity contribution in [3.05, 3.63) is 59.8 Å². The van der Waals surface area contributed by atoms with E-state index in [0.717, 1.165) is 71.4 Å². The van der Waals surface area contributed by atoms with Crippen LogP contribution >= 0.6 is 11.8 Å². The van der Waals surface area contributed by atoms with E-state index in [2.05, 4.69) is 33.8 Å². The summed E-state index contributed by atoms with van der Waals surface area (Å²) in [4.78, 5) is 17.2. The molecule has 1 aliphatic heterocycles. The number of pyridine rings is 1. The second kappa shape index (κ2) is 10.3. The van der Waals surface area contributed by atoms with E-state index in [4.69, 9.17) is 4.74 Å². The number of nitrogens with one attached hydrogen (secondary N) is 2. The summed E-state index contributed by atoms with van der Waals surface area (Å²) >= 11 is 1.59. The van der Waals surface area contributed by atoms with E-state index < -0.39 is 6.10 Å². The molecule has 2 heterocycles. The van der Waals surface area contributed by atoms with E-state index in [0.29, 0.717) is 17.7 Å². The second-order valence-electron chi connectivity index (χ2n) is 9.30. The van der Waals surface area contributed by atoms with Gasteiger partial charge in [0.25, 0.3) is 0 Å². The van der Waals surface area contributed by atoms with Gasteiger partial charge in [-0.1, -0.05) is 6.07 Å². The molecule has 1 unspecified atom stereocenters. The second-order valence-corrected chi connectivity index (χ2v) is 10.3.